The van der Waals surface area contributed by atoms with Gasteiger partial charge in [0.15, 0.2) is 6.10 Å². The third-order valence-corrected chi connectivity index (χ3v) is 6.19. The van der Waals surface area contributed by atoms with Gasteiger partial charge >= 0.3 is 5.97 Å². The standard InChI is InChI=1S/C27H30N2O6/c1-6-34-25(27(30)31)13-18-7-8-24-22(16(18)2)9-10-29(24)15-23-17(3)35-26(28-23)19-11-20(32-4)14-21(12-19)33-5/h7-12,14,25H,6,13,15H2,1-5H3,(H,30,31). The summed E-state index contributed by atoms with van der Waals surface area (Å²) in [6, 6.07) is 11.6. The van der Waals surface area contributed by atoms with Crippen LogP contribution in [-0.2, 0) is 22.5 Å². The van der Waals surface area contributed by atoms with E-state index in [4.69, 9.17) is 23.6 Å². The predicted molar refractivity (Wildman–Crippen MR) is 132 cm³/mol. The summed E-state index contributed by atoms with van der Waals surface area (Å²) in [6.07, 6.45) is 1.48. The Hall–Kier alpha value is -3.78. The highest BCUT2D eigenvalue weighted by Gasteiger charge is 2.20. The molecule has 1 atom stereocenters. The Morgan fingerprint density at radius 2 is 1.83 bits per heavy atom. The summed E-state index contributed by atoms with van der Waals surface area (Å²) in [5, 5.41) is 10.5. The highest BCUT2D eigenvalue weighted by atomic mass is 16.5. The third kappa shape index (κ3) is 5.02. The zero-order chi connectivity index (χ0) is 25.1. The molecule has 1 N–H and O–H groups in total. The van der Waals surface area contributed by atoms with Gasteiger partial charge in [-0.1, -0.05) is 6.07 Å². The minimum absolute atomic E-state index is 0.325. The number of oxazole rings is 1. The van der Waals surface area contributed by atoms with Crippen LogP contribution in [0.5, 0.6) is 11.5 Å². The van der Waals surface area contributed by atoms with Crippen molar-refractivity contribution in [3.8, 4) is 23.0 Å². The van der Waals surface area contributed by atoms with E-state index in [2.05, 4.69) is 4.57 Å². The van der Waals surface area contributed by atoms with Crippen LogP contribution in [0.25, 0.3) is 22.4 Å². The number of methoxy groups -OCH3 is 2. The van der Waals surface area contributed by atoms with E-state index in [0.29, 0.717) is 37.0 Å². The van der Waals surface area contributed by atoms with Crippen molar-refractivity contribution in [1.82, 2.24) is 9.55 Å². The Morgan fingerprint density at radius 1 is 1.11 bits per heavy atom. The molecule has 0 fully saturated rings. The largest absolute Gasteiger partial charge is 0.497 e. The summed E-state index contributed by atoms with van der Waals surface area (Å²) < 4.78 is 24.2. The summed E-state index contributed by atoms with van der Waals surface area (Å²) in [5.41, 5.74) is 4.65. The van der Waals surface area contributed by atoms with Gasteiger partial charge in [0.05, 0.1) is 20.8 Å². The van der Waals surface area contributed by atoms with Gasteiger partial charge < -0.3 is 28.3 Å². The number of ether oxygens (including phenoxy) is 3. The van der Waals surface area contributed by atoms with E-state index in [1.807, 2.05) is 50.4 Å². The number of hydrogen-bond acceptors (Lipinski definition) is 6. The molecule has 0 amide bonds. The number of fused-ring (bicyclic) bond motifs is 1. The van der Waals surface area contributed by atoms with Gasteiger partial charge in [-0.05, 0) is 56.2 Å². The maximum Gasteiger partial charge on any atom is 0.333 e. The van der Waals surface area contributed by atoms with E-state index in [1.165, 1.54) is 0 Å². The average Bonchev–Trinajstić information content (AvgIpc) is 3.43. The van der Waals surface area contributed by atoms with E-state index in [0.717, 1.165) is 39.0 Å². The second-order valence-electron chi connectivity index (χ2n) is 8.34. The van der Waals surface area contributed by atoms with Crippen molar-refractivity contribution >= 4 is 16.9 Å². The molecule has 35 heavy (non-hydrogen) atoms. The van der Waals surface area contributed by atoms with Crippen LogP contribution in [0.4, 0.5) is 0 Å². The first-order chi connectivity index (χ1) is 16.8. The summed E-state index contributed by atoms with van der Waals surface area (Å²) >= 11 is 0. The summed E-state index contributed by atoms with van der Waals surface area (Å²) in [4.78, 5) is 16.3. The van der Waals surface area contributed by atoms with Crippen molar-refractivity contribution in [1.29, 1.82) is 0 Å². The zero-order valence-corrected chi connectivity index (χ0v) is 20.6. The lowest BCUT2D eigenvalue weighted by molar-refractivity contribution is -0.149. The van der Waals surface area contributed by atoms with Crippen molar-refractivity contribution < 1.29 is 28.5 Å². The Kier molecular flexibility index (Phi) is 7.12. The van der Waals surface area contributed by atoms with Crippen LogP contribution in [0.2, 0.25) is 0 Å². The number of carbonyl (C=O) groups is 1. The summed E-state index contributed by atoms with van der Waals surface area (Å²) in [5.74, 6) is 1.61. The monoisotopic (exact) mass is 478 g/mol. The van der Waals surface area contributed by atoms with Gasteiger partial charge in [0.1, 0.15) is 23.0 Å². The number of carboxylic acid groups (broad SMARTS) is 1. The molecule has 0 saturated heterocycles. The first-order valence-electron chi connectivity index (χ1n) is 11.5. The quantitative estimate of drug-likeness (QED) is 0.342. The maximum atomic E-state index is 11.5. The minimum Gasteiger partial charge on any atom is -0.497 e. The van der Waals surface area contributed by atoms with Gasteiger partial charge in [-0.25, -0.2) is 9.78 Å². The van der Waals surface area contributed by atoms with E-state index >= 15 is 0 Å². The second kappa shape index (κ2) is 10.2. The maximum absolute atomic E-state index is 11.5. The minimum atomic E-state index is -0.949. The Morgan fingerprint density at radius 3 is 2.46 bits per heavy atom. The normalized spacial score (nSPS) is 12.1. The molecule has 8 nitrogen and oxygen atoms in total. The van der Waals surface area contributed by atoms with Crippen LogP contribution in [0, 0.1) is 13.8 Å². The Balaban J connectivity index is 1.62. The van der Waals surface area contributed by atoms with Crippen LogP contribution in [0.15, 0.2) is 47.0 Å². The first kappa shape index (κ1) is 24.3. The molecule has 0 spiro atoms. The zero-order valence-electron chi connectivity index (χ0n) is 20.6. The molecule has 0 aliphatic rings. The van der Waals surface area contributed by atoms with Crippen LogP contribution in [0.3, 0.4) is 0 Å². The smallest absolute Gasteiger partial charge is 0.333 e. The highest BCUT2D eigenvalue weighted by Crippen LogP contribution is 2.31. The van der Waals surface area contributed by atoms with Crippen molar-refractivity contribution in [3.05, 3.63) is 65.2 Å². The molecule has 0 aliphatic heterocycles. The fraction of sp³-hybridized carbons (Fsp3) is 0.333. The van der Waals surface area contributed by atoms with E-state index in [9.17, 15) is 9.90 Å². The molecule has 2 aromatic carbocycles. The van der Waals surface area contributed by atoms with Gasteiger partial charge in [-0.15, -0.1) is 0 Å². The fourth-order valence-electron chi connectivity index (χ4n) is 4.23. The number of hydrogen-bond donors (Lipinski definition) is 1. The summed E-state index contributed by atoms with van der Waals surface area (Å²) in [6.45, 7) is 6.61. The molecule has 8 heteroatoms. The molecule has 2 aromatic heterocycles. The fourth-order valence-corrected chi connectivity index (χ4v) is 4.23. The van der Waals surface area contributed by atoms with Crippen LogP contribution in [-0.4, -0.2) is 47.6 Å². The molecule has 2 heterocycles. The number of rotatable bonds is 10. The Labute approximate surface area is 204 Å². The Bertz CT molecular complexity index is 1330. The topological polar surface area (TPSA) is 96.0 Å². The molecular weight excluding hydrogens is 448 g/mol. The van der Waals surface area contributed by atoms with E-state index < -0.39 is 12.1 Å². The third-order valence-electron chi connectivity index (χ3n) is 6.19. The number of benzene rings is 2. The summed E-state index contributed by atoms with van der Waals surface area (Å²) in [7, 11) is 3.21. The number of carboxylic acids is 1. The molecule has 0 saturated carbocycles. The molecule has 0 radical (unpaired) electrons. The highest BCUT2D eigenvalue weighted by molar-refractivity contribution is 5.85. The average molecular weight is 479 g/mol. The van der Waals surface area contributed by atoms with Crippen molar-refractivity contribution in [2.75, 3.05) is 20.8 Å². The van der Waals surface area contributed by atoms with Crippen molar-refractivity contribution in [2.45, 2.75) is 39.8 Å². The number of aromatic nitrogens is 2. The van der Waals surface area contributed by atoms with Gasteiger partial charge in [-0.2, -0.15) is 0 Å². The SMILES string of the molecule is CCOC(Cc1ccc2c(ccn2Cc2nc(-c3cc(OC)cc(OC)c3)oc2C)c1C)C(=O)O. The lowest BCUT2D eigenvalue weighted by Gasteiger charge is -2.15. The molecule has 4 aromatic rings. The number of nitrogens with zero attached hydrogens (tertiary/aromatic N) is 2. The van der Waals surface area contributed by atoms with Gasteiger partial charge in [-0.3, -0.25) is 0 Å². The van der Waals surface area contributed by atoms with Gasteiger partial charge in [0.25, 0.3) is 0 Å². The van der Waals surface area contributed by atoms with E-state index in [-0.39, 0.29) is 0 Å². The van der Waals surface area contributed by atoms with Crippen LogP contribution >= 0.6 is 0 Å². The van der Waals surface area contributed by atoms with Crippen molar-refractivity contribution in [2.24, 2.45) is 0 Å². The molecule has 0 bridgehead atoms. The van der Waals surface area contributed by atoms with Crippen LogP contribution < -0.4 is 9.47 Å². The number of aliphatic carboxylic acids is 1. The second-order valence-corrected chi connectivity index (χ2v) is 8.34. The molecular formula is C27H30N2O6. The number of aryl methyl sites for hydroxylation is 2. The molecule has 1 unspecified atom stereocenters. The lowest BCUT2D eigenvalue weighted by Crippen LogP contribution is -2.26. The predicted octanol–water partition coefficient (Wildman–Crippen LogP) is 5.01. The van der Waals surface area contributed by atoms with Crippen LogP contribution in [0.1, 0.15) is 29.5 Å². The molecule has 0 aliphatic carbocycles. The molecule has 4 rings (SSSR count). The van der Waals surface area contributed by atoms with Gasteiger partial charge in [0, 0.05) is 41.8 Å². The van der Waals surface area contributed by atoms with Crippen molar-refractivity contribution in [3.63, 3.8) is 0 Å². The lowest BCUT2D eigenvalue weighted by atomic mass is 9.99. The van der Waals surface area contributed by atoms with Gasteiger partial charge in [0.2, 0.25) is 5.89 Å². The molecule has 184 valence electrons. The van der Waals surface area contributed by atoms with E-state index in [1.54, 1.807) is 27.2 Å². The first-order valence-corrected chi connectivity index (χ1v) is 11.5.